The summed E-state index contributed by atoms with van der Waals surface area (Å²) in [4.78, 5) is 0. The van der Waals surface area contributed by atoms with Crippen molar-refractivity contribution in [3.63, 3.8) is 0 Å². The van der Waals surface area contributed by atoms with E-state index in [4.69, 9.17) is 4.74 Å². The molecule has 0 aliphatic carbocycles. The van der Waals surface area contributed by atoms with E-state index >= 15 is 0 Å². The molecule has 68 valence electrons. The maximum Gasteiger partial charge on any atom is 0.0555 e. The largest absolute Gasteiger partial charge is 0.383 e. The molecule has 0 rings (SSSR count). The van der Waals surface area contributed by atoms with Gasteiger partial charge in [-0.25, -0.2) is 0 Å². The van der Waals surface area contributed by atoms with Gasteiger partial charge in [-0.15, -0.1) is 0 Å². The van der Waals surface area contributed by atoms with Crippen LogP contribution in [0.5, 0.6) is 0 Å². The third kappa shape index (κ3) is 7.27. The summed E-state index contributed by atoms with van der Waals surface area (Å²) in [6, 6.07) is 1.46. The minimum atomic E-state index is 0.0763. The van der Waals surface area contributed by atoms with Crippen molar-refractivity contribution < 1.29 is 4.74 Å². The van der Waals surface area contributed by atoms with E-state index in [-0.39, 0.29) is 9.52 Å². The lowest BCUT2D eigenvalue weighted by atomic mass is 10.5. The maximum atomic E-state index is 5.60. The Morgan fingerprint density at radius 3 is 2.64 bits per heavy atom. The maximum absolute atomic E-state index is 5.60. The smallest absolute Gasteiger partial charge is 0.0555 e. The van der Waals surface area contributed by atoms with E-state index in [1.807, 2.05) is 0 Å². The predicted octanol–water partition coefficient (Wildman–Crippen LogP) is 2.17. The van der Waals surface area contributed by atoms with Gasteiger partial charge in [0.05, 0.1) is 9.52 Å². The van der Waals surface area contributed by atoms with Crippen LogP contribution in [0.3, 0.4) is 0 Å². The van der Waals surface area contributed by atoms with Crippen molar-refractivity contribution >= 4 is 32.1 Å². The second kappa shape index (κ2) is 9.00. The summed E-state index contributed by atoms with van der Waals surface area (Å²) < 4.78 is 6.91. The molecule has 0 aliphatic heterocycles. The predicted molar refractivity (Wildman–Crippen MR) is 62.6 cm³/mol. The molecule has 0 aliphatic rings. The Morgan fingerprint density at radius 1 is 1.45 bits per heavy atom. The molecule has 0 aromatic heterocycles. The van der Waals surface area contributed by atoms with E-state index in [1.165, 1.54) is 23.3 Å². The monoisotopic (exact) mass is 286 g/mol. The number of halogens is 1. The van der Waals surface area contributed by atoms with Gasteiger partial charge >= 0.3 is 0 Å². The summed E-state index contributed by atoms with van der Waals surface area (Å²) in [7, 11) is 0.0763. The third-order valence-corrected chi connectivity index (χ3v) is 4.90. The molecule has 0 spiro atoms. The van der Waals surface area contributed by atoms with Gasteiger partial charge in [0.25, 0.3) is 0 Å². The molecule has 0 N–H and O–H groups in total. The van der Waals surface area contributed by atoms with Gasteiger partial charge in [0.2, 0.25) is 0 Å². The summed E-state index contributed by atoms with van der Waals surface area (Å²) in [6.45, 7) is 5.22. The van der Waals surface area contributed by atoms with Crippen molar-refractivity contribution in [2.45, 2.75) is 38.5 Å². The molecular weight excluding hydrogens is 267 g/mol. The molecule has 1 atom stereocenters. The molecule has 0 saturated heterocycles. The van der Waals surface area contributed by atoms with Gasteiger partial charge in [-0.3, -0.25) is 0 Å². The quantitative estimate of drug-likeness (QED) is 0.302. The van der Waals surface area contributed by atoms with Crippen molar-refractivity contribution in [3.05, 3.63) is 0 Å². The first-order valence-corrected chi connectivity index (χ1v) is 7.86. The molecule has 3 heteroatoms. The van der Waals surface area contributed by atoms with Crippen LogP contribution in [0.1, 0.15) is 26.7 Å². The Bertz CT molecular complexity index is 80.5. The van der Waals surface area contributed by atoms with Crippen LogP contribution in [0.2, 0.25) is 6.04 Å². The molecule has 0 amide bonds. The highest BCUT2D eigenvalue weighted by Crippen LogP contribution is 2.02. The molecule has 0 bridgehead atoms. The minimum absolute atomic E-state index is 0.0763. The average Bonchev–Trinajstić information content (AvgIpc) is 2.03. The summed E-state index contributed by atoms with van der Waals surface area (Å²) in [5.74, 6) is 0. The first-order chi connectivity index (χ1) is 5.35. The van der Waals surface area contributed by atoms with Gasteiger partial charge in [0.15, 0.2) is 0 Å². The standard InChI is InChI=1S/C8H19IOSi/c1-3-8(10-4-2)11-7-5-6-9/h8H,3-7,11H2,1-2H3. The molecule has 1 unspecified atom stereocenters. The van der Waals surface area contributed by atoms with Gasteiger partial charge in [-0.2, -0.15) is 0 Å². The van der Waals surface area contributed by atoms with Crippen molar-refractivity contribution in [1.29, 1.82) is 0 Å². The van der Waals surface area contributed by atoms with Crippen molar-refractivity contribution in [2.75, 3.05) is 11.0 Å². The lowest BCUT2D eigenvalue weighted by Crippen LogP contribution is -2.19. The van der Waals surface area contributed by atoms with Crippen molar-refractivity contribution in [3.8, 4) is 0 Å². The molecule has 0 aromatic rings. The van der Waals surface area contributed by atoms with Crippen LogP contribution in [0.15, 0.2) is 0 Å². The third-order valence-electron chi connectivity index (χ3n) is 1.77. The fourth-order valence-corrected chi connectivity index (χ4v) is 4.47. The number of ether oxygens (including phenoxy) is 1. The number of rotatable bonds is 7. The molecule has 0 radical (unpaired) electrons. The Hall–Kier alpha value is 0.907. The Labute approximate surface area is 86.2 Å². The minimum Gasteiger partial charge on any atom is -0.383 e. The first-order valence-electron chi connectivity index (χ1n) is 4.52. The molecule has 0 aromatic carbocycles. The normalized spacial score (nSPS) is 14.5. The zero-order valence-electron chi connectivity index (χ0n) is 7.61. The first kappa shape index (κ1) is 11.9. The highest BCUT2D eigenvalue weighted by molar-refractivity contribution is 14.1. The van der Waals surface area contributed by atoms with E-state index in [1.54, 1.807) is 0 Å². The second-order valence-corrected chi connectivity index (χ2v) is 5.94. The zero-order valence-corrected chi connectivity index (χ0v) is 11.2. The molecule has 0 saturated carbocycles. The zero-order chi connectivity index (χ0) is 8.53. The number of hydrogen-bond acceptors (Lipinski definition) is 1. The SMILES string of the molecule is CCOC(CC)[SiH2]CCCI. The molecular formula is C8H19IOSi. The summed E-state index contributed by atoms with van der Waals surface area (Å²) in [6.07, 6.45) is 2.62. The Morgan fingerprint density at radius 2 is 2.18 bits per heavy atom. The Balaban J connectivity index is 3.20. The van der Waals surface area contributed by atoms with Crippen LogP contribution in [-0.2, 0) is 4.74 Å². The average molecular weight is 286 g/mol. The van der Waals surface area contributed by atoms with Crippen LogP contribution in [0, 0.1) is 0 Å². The van der Waals surface area contributed by atoms with Gasteiger partial charge < -0.3 is 4.74 Å². The van der Waals surface area contributed by atoms with Gasteiger partial charge in [0, 0.05) is 12.3 Å². The molecule has 0 heterocycles. The fourth-order valence-electron chi connectivity index (χ4n) is 1.11. The van der Waals surface area contributed by atoms with Crippen LogP contribution < -0.4 is 0 Å². The van der Waals surface area contributed by atoms with Gasteiger partial charge in [0.1, 0.15) is 0 Å². The van der Waals surface area contributed by atoms with Crippen LogP contribution in [-0.4, -0.2) is 26.3 Å². The topological polar surface area (TPSA) is 9.23 Å². The van der Waals surface area contributed by atoms with E-state index in [0.29, 0.717) is 5.73 Å². The molecule has 0 fully saturated rings. The fraction of sp³-hybridized carbons (Fsp3) is 1.00. The molecule has 1 nitrogen and oxygen atoms in total. The highest BCUT2D eigenvalue weighted by atomic mass is 127. The van der Waals surface area contributed by atoms with Crippen LogP contribution in [0.25, 0.3) is 0 Å². The van der Waals surface area contributed by atoms with Crippen LogP contribution in [0.4, 0.5) is 0 Å². The summed E-state index contributed by atoms with van der Waals surface area (Å²) in [5.41, 5.74) is 0.656. The summed E-state index contributed by atoms with van der Waals surface area (Å²) in [5, 5.41) is 0. The van der Waals surface area contributed by atoms with E-state index in [0.717, 1.165) is 6.61 Å². The Kier molecular flexibility index (Phi) is 9.74. The van der Waals surface area contributed by atoms with E-state index < -0.39 is 0 Å². The van der Waals surface area contributed by atoms with Crippen LogP contribution >= 0.6 is 22.6 Å². The van der Waals surface area contributed by atoms with Gasteiger partial charge in [-0.05, 0) is 24.2 Å². The number of alkyl halides is 1. The van der Waals surface area contributed by atoms with Crippen molar-refractivity contribution in [1.82, 2.24) is 0 Å². The highest BCUT2D eigenvalue weighted by Gasteiger charge is 2.04. The lowest BCUT2D eigenvalue weighted by molar-refractivity contribution is 0.114. The van der Waals surface area contributed by atoms with E-state index in [9.17, 15) is 0 Å². The summed E-state index contributed by atoms with van der Waals surface area (Å²) >= 11 is 2.45. The van der Waals surface area contributed by atoms with E-state index in [2.05, 4.69) is 36.4 Å². The van der Waals surface area contributed by atoms with Crippen molar-refractivity contribution in [2.24, 2.45) is 0 Å². The lowest BCUT2D eigenvalue weighted by Gasteiger charge is -2.13. The number of hydrogen-bond donors (Lipinski definition) is 0. The van der Waals surface area contributed by atoms with Gasteiger partial charge in [-0.1, -0.05) is 35.6 Å². The molecule has 11 heavy (non-hydrogen) atoms. The second-order valence-electron chi connectivity index (χ2n) is 2.67.